The third-order valence-electron chi connectivity index (χ3n) is 1.46. The van der Waals surface area contributed by atoms with Gasteiger partial charge in [-0.2, -0.15) is 0 Å². The van der Waals surface area contributed by atoms with Gasteiger partial charge in [0.2, 0.25) is 5.91 Å². The summed E-state index contributed by atoms with van der Waals surface area (Å²) in [6, 6.07) is 0. The number of nitrogens with zero attached hydrogens (tertiary/aromatic N) is 1. The van der Waals surface area contributed by atoms with Crippen LogP contribution in [0.5, 0.6) is 0 Å². The molecule has 0 heterocycles. The van der Waals surface area contributed by atoms with Crippen LogP contribution in [0.2, 0.25) is 0 Å². The van der Waals surface area contributed by atoms with E-state index >= 15 is 0 Å². The molecule has 0 rings (SSSR count). The lowest BCUT2D eigenvalue weighted by Crippen LogP contribution is -2.38. The molecule has 0 bridgehead atoms. The third kappa shape index (κ3) is 6.36. The highest BCUT2D eigenvalue weighted by molar-refractivity contribution is 7.80. The number of rotatable bonds is 5. The molecule has 6 heteroatoms. The molecule has 0 saturated carbocycles. The van der Waals surface area contributed by atoms with Crippen LogP contribution in [-0.2, 0) is 14.3 Å². The van der Waals surface area contributed by atoms with E-state index in [1.54, 1.807) is 0 Å². The van der Waals surface area contributed by atoms with Crippen LogP contribution in [0.3, 0.4) is 0 Å². The molecule has 0 radical (unpaired) electrons. The highest BCUT2D eigenvalue weighted by Crippen LogP contribution is 1.90. The molecule has 14 heavy (non-hydrogen) atoms. The Bertz CT molecular complexity index is 243. The molecular formula is C8H14N2O3S. The fourth-order valence-corrected chi connectivity index (χ4v) is 0.991. The first-order valence-electron chi connectivity index (χ1n) is 4.10. The molecule has 0 aliphatic carbocycles. The summed E-state index contributed by atoms with van der Waals surface area (Å²) in [6.07, 6.45) is 0. The zero-order valence-electron chi connectivity index (χ0n) is 8.28. The molecule has 0 aliphatic heterocycles. The Balaban J connectivity index is 3.91. The molecule has 5 nitrogen and oxygen atoms in total. The fraction of sp³-hybridized carbons (Fsp3) is 0.625. The molecule has 0 aromatic rings. The van der Waals surface area contributed by atoms with Crippen LogP contribution in [0.15, 0.2) is 0 Å². The SMILES string of the molecule is CC(=O)OCCN(CC(N)=S)C(C)=O. The molecule has 0 atom stereocenters. The van der Waals surface area contributed by atoms with Crippen LogP contribution >= 0.6 is 12.2 Å². The van der Waals surface area contributed by atoms with E-state index in [4.69, 9.17) is 5.73 Å². The average molecular weight is 218 g/mol. The lowest BCUT2D eigenvalue weighted by atomic mass is 10.4. The predicted octanol–water partition coefficient (Wildman–Crippen LogP) is -0.316. The molecular weight excluding hydrogens is 204 g/mol. The van der Waals surface area contributed by atoms with E-state index in [0.29, 0.717) is 6.54 Å². The summed E-state index contributed by atoms with van der Waals surface area (Å²) in [5.74, 6) is -0.520. The van der Waals surface area contributed by atoms with Crippen molar-refractivity contribution in [1.82, 2.24) is 4.90 Å². The Hall–Kier alpha value is -1.17. The van der Waals surface area contributed by atoms with Gasteiger partial charge in [-0.15, -0.1) is 0 Å². The standard InChI is InChI=1S/C8H14N2O3S/c1-6(11)10(5-8(9)14)3-4-13-7(2)12/h3-5H2,1-2H3,(H2,9,14). The largest absolute Gasteiger partial charge is 0.464 e. The quantitative estimate of drug-likeness (QED) is 0.506. The second-order valence-electron chi connectivity index (χ2n) is 2.75. The maximum Gasteiger partial charge on any atom is 0.302 e. The first-order chi connectivity index (χ1) is 6.43. The van der Waals surface area contributed by atoms with Crippen molar-refractivity contribution in [2.45, 2.75) is 13.8 Å². The first-order valence-corrected chi connectivity index (χ1v) is 4.51. The van der Waals surface area contributed by atoms with Crippen molar-refractivity contribution in [3.05, 3.63) is 0 Å². The number of ether oxygens (including phenoxy) is 1. The summed E-state index contributed by atoms with van der Waals surface area (Å²) in [4.78, 5) is 23.1. The molecule has 80 valence electrons. The molecule has 0 fully saturated rings. The normalized spacial score (nSPS) is 9.29. The van der Waals surface area contributed by atoms with Crippen LogP contribution in [0.25, 0.3) is 0 Å². The first kappa shape index (κ1) is 12.8. The number of hydrogen-bond donors (Lipinski definition) is 1. The molecule has 0 unspecified atom stereocenters. The van der Waals surface area contributed by atoms with E-state index in [9.17, 15) is 9.59 Å². The van der Waals surface area contributed by atoms with E-state index in [-0.39, 0.29) is 30.0 Å². The maximum absolute atomic E-state index is 11.0. The number of esters is 1. The summed E-state index contributed by atoms with van der Waals surface area (Å²) in [6.45, 7) is 3.41. The van der Waals surface area contributed by atoms with Gasteiger partial charge in [-0.05, 0) is 0 Å². The molecule has 0 aromatic carbocycles. The van der Waals surface area contributed by atoms with Gasteiger partial charge in [-0.25, -0.2) is 0 Å². The zero-order valence-corrected chi connectivity index (χ0v) is 9.10. The topological polar surface area (TPSA) is 72.6 Å². The van der Waals surface area contributed by atoms with E-state index in [1.165, 1.54) is 18.7 Å². The van der Waals surface area contributed by atoms with E-state index in [1.807, 2.05) is 0 Å². The van der Waals surface area contributed by atoms with Crippen LogP contribution in [0, 0.1) is 0 Å². The summed E-state index contributed by atoms with van der Waals surface area (Å²) >= 11 is 4.67. The van der Waals surface area contributed by atoms with Gasteiger partial charge in [-0.1, -0.05) is 12.2 Å². The second kappa shape index (κ2) is 6.31. The van der Waals surface area contributed by atoms with Crippen molar-refractivity contribution in [2.75, 3.05) is 19.7 Å². The van der Waals surface area contributed by atoms with E-state index in [2.05, 4.69) is 17.0 Å². The van der Waals surface area contributed by atoms with Gasteiger partial charge in [0.05, 0.1) is 18.1 Å². The second-order valence-corrected chi connectivity index (χ2v) is 3.27. The van der Waals surface area contributed by atoms with Gasteiger partial charge >= 0.3 is 5.97 Å². The minimum Gasteiger partial charge on any atom is -0.464 e. The summed E-state index contributed by atoms with van der Waals surface area (Å²) in [5.41, 5.74) is 5.29. The summed E-state index contributed by atoms with van der Waals surface area (Å²) in [7, 11) is 0. The number of amides is 1. The van der Waals surface area contributed by atoms with E-state index < -0.39 is 0 Å². The lowest BCUT2D eigenvalue weighted by Gasteiger charge is -2.19. The Morgan fingerprint density at radius 1 is 1.43 bits per heavy atom. The number of carbonyl (C=O) groups excluding carboxylic acids is 2. The van der Waals surface area contributed by atoms with Gasteiger partial charge in [-0.3, -0.25) is 9.59 Å². The number of hydrogen-bond acceptors (Lipinski definition) is 4. The van der Waals surface area contributed by atoms with Crippen LogP contribution in [0.4, 0.5) is 0 Å². The van der Waals surface area contributed by atoms with Crippen molar-refractivity contribution in [3.8, 4) is 0 Å². The van der Waals surface area contributed by atoms with Crippen LogP contribution in [-0.4, -0.2) is 41.5 Å². The highest BCUT2D eigenvalue weighted by Gasteiger charge is 2.09. The Kier molecular flexibility index (Phi) is 5.78. The van der Waals surface area contributed by atoms with Gasteiger partial charge < -0.3 is 15.4 Å². The molecule has 0 spiro atoms. The highest BCUT2D eigenvalue weighted by atomic mass is 32.1. The molecule has 0 aliphatic rings. The minimum absolute atomic E-state index is 0.148. The molecule has 1 amide bonds. The number of thiocarbonyl (C=S) groups is 1. The van der Waals surface area contributed by atoms with E-state index in [0.717, 1.165) is 0 Å². The van der Waals surface area contributed by atoms with Crippen LogP contribution in [0.1, 0.15) is 13.8 Å². The monoisotopic (exact) mass is 218 g/mol. The predicted molar refractivity (Wildman–Crippen MR) is 55.7 cm³/mol. The fourth-order valence-electron chi connectivity index (χ4n) is 0.836. The molecule has 0 saturated heterocycles. The minimum atomic E-state index is -0.371. The Labute approximate surface area is 88.2 Å². The summed E-state index contributed by atoms with van der Waals surface area (Å²) < 4.78 is 4.69. The van der Waals surface area contributed by atoms with Crippen molar-refractivity contribution in [3.63, 3.8) is 0 Å². The smallest absolute Gasteiger partial charge is 0.302 e. The third-order valence-corrected chi connectivity index (χ3v) is 1.59. The Morgan fingerprint density at radius 2 is 2.00 bits per heavy atom. The molecule has 2 N–H and O–H groups in total. The van der Waals surface area contributed by atoms with Gasteiger partial charge in [0, 0.05) is 13.8 Å². The molecule has 0 aromatic heterocycles. The van der Waals surface area contributed by atoms with Gasteiger partial charge in [0.25, 0.3) is 0 Å². The van der Waals surface area contributed by atoms with Crippen molar-refractivity contribution in [2.24, 2.45) is 5.73 Å². The maximum atomic E-state index is 11.0. The van der Waals surface area contributed by atoms with Crippen LogP contribution < -0.4 is 5.73 Å². The number of nitrogens with two attached hydrogens (primary N) is 1. The number of carbonyl (C=O) groups is 2. The summed E-state index contributed by atoms with van der Waals surface area (Å²) in [5, 5.41) is 0. The zero-order chi connectivity index (χ0) is 11.1. The van der Waals surface area contributed by atoms with Gasteiger partial charge in [0.1, 0.15) is 6.61 Å². The van der Waals surface area contributed by atoms with Gasteiger partial charge in [0.15, 0.2) is 0 Å². The Morgan fingerprint density at radius 3 is 2.36 bits per heavy atom. The van der Waals surface area contributed by atoms with Crippen molar-refractivity contribution < 1.29 is 14.3 Å². The van der Waals surface area contributed by atoms with Crippen molar-refractivity contribution in [1.29, 1.82) is 0 Å². The lowest BCUT2D eigenvalue weighted by molar-refractivity contribution is -0.143. The average Bonchev–Trinajstić information content (AvgIpc) is 2.00. The van der Waals surface area contributed by atoms with Crippen molar-refractivity contribution >= 4 is 29.1 Å².